The summed E-state index contributed by atoms with van der Waals surface area (Å²) < 4.78 is 21.8. The number of carbonyl (C=O) groups is 2. The summed E-state index contributed by atoms with van der Waals surface area (Å²) in [5.74, 6) is 0.488. The number of para-hydroxylation sites is 1. The summed E-state index contributed by atoms with van der Waals surface area (Å²) in [5, 5.41) is 13.1. The van der Waals surface area contributed by atoms with Gasteiger partial charge in [-0.05, 0) is 31.3 Å². The van der Waals surface area contributed by atoms with Gasteiger partial charge in [0.05, 0.1) is 50.9 Å². The number of methoxy groups -OCH3 is 4. The summed E-state index contributed by atoms with van der Waals surface area (Å²) in [4.78, 5) is 30.0. The number of carboxylic acids is 1. The Bertz CT molecular complexity index is 1420. The van der Waals surface area contributed by atoms with Gasteiger partial charge in [-0.15, -0.1) is 0 Å². The molecule has 0 atom stereocenters. The first-order chi connectivity index (χ1) is 19.8. The third-order valence-corrected chi connectivity index (χ3v) is 7.02. The molecule has 0 saturated carbocycles. The number of carboxylic acid groups (broad SMARTS) is 1. The van der Waals surface area contributed by atoms with Crippen LogP contribution in [-0.4, -0.2) is 83.5 Å². The van der Waals surface area contributed by atoms with Crippen molar-refractivity contribution in [3.63, 3.8) is 0 Å². The van der Waals surface area contributed by atoms with E-state index in [1.807, 2.05) is 24.3 Å². The Kier molecular flexibility index (Phi) is 9.36. The van der Waals surface area contributed by atoms with Gasteiger partial charge in [0.25, 0.3) is 0 Å². The van der Waals surface area contributed by atoms with Crippen LogP contribution in [0.25, 0.3) is 17.2 Å². The van der Waals surface area contributed by atoms with Crippen LogP contribution in [0.3, 0.4) is 0 Å². The lowest BCUT2D eigenvalue weighted by Crippen LogP contribution is -2.44. The van der Waals surface area contributed by atoms with Gasteiger partial charge >= 0.3 is 5.97 Å². The van der Waals surface area contributed by atoms with Crippen molar-refractivity contribution in [2.45, 2.75) is 0 Å². The smallest absolute Gasteiger partial charge is 0.336 e. The zero-order valence-corrected chi connectivity index (χ0v) is 23.9. The molecule has 1 saturated heterocycles. The molecule has 4 rings (SSSR count). The molecule has 2 N–H and O–H groups in total. The minimum Gasteiger partial charge on any atom is -0.496 e. The molecule has 10 nitrogen and oxygen atoms in total. The molecule has 0 aromatic heterocycles. The Hall–Kier alpha value is -4.70. The summed E-state index contributed by atoms with van der Waals surface area (Å²) >= 11 is 0. The zero-order chi connectivity index (χ0) is 29.5. The molecule has 1 aliphatic heterocycles. The van der Waals surface area contributed by atoms with E-state index in [4.69, 9.17) is 18.9 Å². The van der Waals surface area contributed by atoms with Gasteiger partial charge in [-0.25, -0.2) is 4.79 Å². The van der Waals surface area contributed by atoms with Crippen LogP contribution in [0.5, 0.6) is 23.0 Å². The molecule has 0 spiro atoms. The molecule has 216 valence electrons. The Morgan fingerprint density at radius 3 is 2.05 bits per heavy atom. The lowest BCUT2D eigenvalue weighted by atomic mass is 9.96. The molecular formula is C31H35N3O7. The number of benzene rings is 3. The largest absolute Gasteiger partial charge is 0.496 e. The molecule has 0 aliphatic carbocycles. The van der Waals surface area contributed by atoms with Crippen molar-refractivity contribution in [3.8, 4) is 34.1 Å². The van der Waals surface area contributed by atoms with Crippen LogP contribution in [0, 0.1) is 0 Å². The van der Waals surface area contributed by atoms with Crippen molar-refractivity contribution < 1.29 is 33.6 Å². The molecule has 1 aliphatic rings. The van der Waals surface area contributed by atoms with E-state index >= 15 is 0 Å². The van der Waals surface area contributed by atoms with Crippen molar-refractivity contribution in [3.05, 3.63) is 65.7 Å². The Balaban J connectivity index is 1.76. The van der Waals surface area contributed by atoms with Gasteiger partial charge < -0.3 is 39.2 Å². The fourth-order valence-corrected chi connectivity index (χ4v) is 4.79. The summed E-state index contributed by atoms with van der Waals surface area (Å²) in [5.41, 5.74) is 2.89. The number of ether oxygens (including phenoxy) is 4. The number of rotatable bonds is 10. The van der Waals surface area contributed by atoms with Crippen molar-refractivity contribution in [1.29, 1.82) is 0 Å². The second-order valence-electron chi connectivity index (χ2n) is 9.48. The molecule has 0 bridgehead atoms. The van der Waals surface area contributed by atoms with E-state index in [1.54, 1.807) is 38.5 Å². The van der Waals surface area contributed by atoms with Gasteiger partial charge in [-0.2, -0.15) is 0 Å². The van der Waals surface area contributed by atoms with Gasteiger partial charge in [-0.3, -0.25) is 4.79 Å². The highest BCUT2D eigenvalue weighted by atomic mass is 16.5. The molecule has 1 heterocycles. The minimum atomic E-state index is -1.12. The number of nitrogens with one attached hydrogen (secondary N) is 1. The third-order valence-electron chi connectivity index (χ3n) is 7.02. The first-order valence-electron chi connectivity index (χ1n) is 13.1. The average molecular weight is 562 g/mol. The van der Waals surface area contributed by atoms with E-state index in [0.29, 0.717) is 58.5 Å². The molecule has 41 heavy (non-hydrogen) atoms. The Morgan fingerprint density at radius 2 is 1.46 bits per heavy atom. The number of amides is 1. The number of piperazine rings is 1. The molecule has 1 amide bonds. The second-order valence-corrected chi connectivity index (χ2v) is 9.48. The number of likely N-dealkylation sites (N-methyl/N-ethyl adjacent to an activating group) is 1. The van der Waals surface area contributed by atoms with E-state index < -0.39 is 11.9 Å². The number of hydrogen-bond acceptors (Lipinski definition) is 8. The molecule has 0 unspecified atom stereocenters. The van der Waals surface area contributed by atoms with E-state index in [9.17, 15) is 14.7 Å². The number of carbonyl (C=O) groups excluding carboxylic acids is 1. The van der Waals surface area contributed by atoms with E-state index in [1.165, 1.54) is 26.4 Å². The number of anilines is 2. The lowest BCUT2D eigenvalue weighted by molar-refractivity contribution is -0.111. The van der Waals surface area contributed by atoms with Crippen molar-refractivity contribution in [1.82, 2.24) is 4.90 Å². The number of nitrogens with zero attached hydrogens (tertiary/aromatic N) is 2. The quantitative estimate of drug-likeness (QED) is 0.346. The van der Waals surface area contributed by atoms with Crippen molar-refractivity contribution in [2.24, 2.45) is 0 Å². The van der Waals surface area contributed by atoms with E-state index in [2.05, 4.69) is 22.2 Å². The first-order valence-corrected chi connectivity index (χ1v) is 13.1. The topological polar surface area (TPSA) is 110 Å². The van der Waals surface area contributed by atoms with Gasteiger partial charge in [0.15, 0.2) is 0 Å². The van der Waals surface area contributed by atoms with E-state index in [-0.39, 0.29) is 5.56 Å². The number of aromatic carboxylic acids is 1. The molecular weight excluding hydrogens is 526 g/mol. The van der Waals surface area contributed by atoms with E-state index in [0.717, 1.165) is 18.8 Å². The predicted molar refractivity (Wildman–Crippen MR) is 159 cm³/mol. The van der Waals surface area contributed by atoms with Gasteiger partial charge in [0.1, 0.15) is 23.0 Å². The first kappa shape index (κ1) is 29.3. The highest BCUT2D eigenvalue weighted by Crippen LogP contribution is 2.39. The van der Waals surface area contributed by atoms with Crippen molar-refractivity contribution in [2.75, 3.05) is 71.9 Å². The summed E-state index contributed by atoms with van der Waals surface area (Å²) in [6, 6.07) is 14.0. The molecule has 1 fully saturated rings. The van der Waals surface area contributed by atoms with Crippen LogP contribution in [0.4, 0.5) is 11.4 Å². The third kappa shape index (κ3) is 6.55. The molecule has 10 heteroatoms. The monoisotopic (exact) mass is 561 g/mol. The second kappa shape index (κ2) is 13.1. The normalized spacial score (nSPS) is 13.6. The van der Waals surface area contributed by atoms with Gasteiger partial charge in [0.2, 0.25) is 5.91 Å². The predicted octanol–water partition coefficient (Wildman–Crippen LogP) is 4.49. The standard InChI is InChI=1S/C31H35N3O7/c1-33-12-14-34(15-13-33)26-19-23(21-8-6-7-9-27(21)39-3)24(31(36)37)18-25(26)32-30(35)11-10-22-28(40-4)16-20(38-2)17-29(22)41-5/h6-11,16-19H,12-15H2,1-5H3,(H,32,35)(H,36,37). The Morgan fingerprint density at radius 1 is 0.829 bits per heavy atom. The van der Waals surface area contributed by atoms with Crippen LogP contribution < -0.4 is 29.2 Å². The SMILES string of the molecule is COc1cc(OC)c(C=CC(=O)Nc2cc(C(=O)O)c(-c3ccccc3OC)cc2N2CCN(C)CC2)c(OC)c1. The van der Waals surface area contributed by atoms with Crippen LogP contribution in [0.15, 0.2) is 54.6 Å². The molecule has 0 radical (unpaired) electrons. The fraction of sp³-hybridized carbons (Fsp3) is 0.290. The molecule has 3 aromatic rings. The van der Waals surface area contributed by atoms with Gasteiger partial charge in [0, 0.05) is 55.5 Å². The summed E-state index contributed by atoms with van der Waals surface area (Å²) in [6.07, 6.45) is 2.94. The maximum Gasteiger partial charge on any atom is 0.336 e. The average Bonchev–Trinajstić information content (AvgIpc) is 2.99. The number of hydrogen-bond donors (Lipinski definition) is 2. The molecule has 3 aromatic carbocycles. The maximum absolute atomic E-state index is 13.2. The summed E-state index contributed by atoms with van der Waals surface area (Å²) in [7, 11) is 8.18. The van der Waals surface area contributed by atoms with Gasteiger partial charge in [-0.1, -0.05) is 18.2 Å². The van der Waals surface area contributed by atoms with Crippen molar-refractivity contribution >= 4 is 29.3 Å². The zero-order valence-electron chi connectivity index (χ0n) is 23.9. The fourth-order valence-electron chi connectivity index (χ4n) is 4.79. The van der Waals surface area contributed by atoms with Crippen LogP contribution >= 0.6 is 0 Å². The Labute approximate surface area is 239 Å². The van der Waals surface area contributed by atoms with Crippen LogP contribution in [0.1, 0.15) is 15.9 Å². The highest BCUT2D eigenvalue weighted by molar-refractivity contribution is 6.07. The highest BCUT2D eigenvalue weighted by Gasteiger charge is 2.24. The minimum absolute atomic E-state index is 0.0464. The van der Waals surface area contributed by atoms with Crippen LogP contribution in [0.2, 0.25) is 0 Å². The maximum atomic E-state index is 13.2. The lowest BCUT2D eigenvalue weighted by Gasteiger charge is -2.35. The van der Waals surface area contributed by atoms with Crippen LogP contribution in [-0.2, 0) is 4.79 Å². The summed E-state index contributed by atoms with van der Waals surface area (Å²) in [6.45, 7) is 3.09.